The van der Waals surface area contributed by atoms with Crippen LogP contribution in [0.3, 0.4) is 0 Å². The highest BCUT2D eigenvalue weighted by atomic mass is 19.1. The third-order valence-electron chi connectivity index (χ3n) is 10.8. The minimum atomic E-state index is -2.54. The number of carbonyl (C=O) groups is 4. The zero-order valence-electron chi connectivity index (χ0n) is 26.9. The van der Waals surface area contributed by atoms with Crippen molar-refractivity contribution in [2.45, 2.75) is 94.4 Å². The van der Waals surface area contributed by atoms with Crippen molar-refractivity contribution in [1.29, 1.82) is 0 Å². The molecule has 272 valence electrons. The number of nitrogens with zero attached hydrogens (tertiary/aromatic N) is 2. The Hall–Kier alpha value is -4.07. The van der Waals surface area contributed by atoms with Gasteiger partial charge in [-0.15, -0.1) is 20.2 Å². The van der Waals surface area contributed by atoms with Crippen molar-refractivity contribution in [3.05, 3.63) is 44.0 Å². The van der Waals surface area contributed by atoms with E-state index in [0.717, 1.165) is 0 Å². The van der Waals surface area contributed by atoms with Crippen LogP contribution in [0, 0.1) is 42.9 Å². The second kappa shape index (κ2) is 14.0. The predicted octanol–water partition coefficient (Wildman–Crippen LogP) is -0.00260. The van der Waals surface area contributed by atoms with Gasteiger partial charge in [0.05, 0.1) is 12.2 Å². The van der Waals surface area contributed by atoms with Gasteiger partial charge in [0.25, 0.3) is 10.2 Å². The number of Topliss-reactive ketones (excluding diaryl/α,β-unsaturated/α-hetero) is 1. The van der Waals surface area contributed by atoms with Crippen LogP contribution >= 0.6 is 0 Å². The molecule has 10 atom stereocenters. The van der Waals surface area contributed by atoms with E-state index in [0.29, 0.717) is 5.57 Å². The topological polar surface area (TPSA) is 278 Å². The molecule has 0 radical (unpaired) electrons. The smallest absolute Gasteiger partial charge is 0.326 e. The molecule has 2 unspecified atom stereocenters. The number of rotatable bonds is 15. The Morgan fingerprint density at radius 3 is 2.45 bits per heavy atom. The first-order chi connectivity index (χ1) is 22.8. The molecule has 2 saturated carbocycles. The number of esters is 2. The molecule has 0 bridgehead atoms. The van der Waals surface area contributed by atoms with Gasteiger partial charge in [-0.1, -0.05) is 24.6 Å². The van der Waals surface area contributed by atoms with Crippen molar-refractivity contribution in [3.8, 4) is 0 Å². The van der Waals surface area contributed by atoms with Gasteiger partial charge in [0.1, 0.15) is 25.4 Å². The van der Waals surface area contributed by atoms with Crippen LogP contribution in [0.2, 0.25) is 0 Å². The number of fused-ring (bicyclic) bond motifs is 5. The molecule has 4 aliphatic rings. The van der Waals surface area contributed by atoms with Crippen LogP contribution < -0.4 is 5.73 Å². The Balaban J connectivity index is 1.33. The summed E-state index contributed by atoms with van der Waals surface area (Å²) < 4.78 is 27.1. The van der Waals surface area contributed by atoms with Crippen molar-refractivity contribution in [1.82, 2.24) is 0 Å². The highest BCUT2D eigenvalue weighted by Crippen LogP contribution is 2.69. The number of halogens is 1. The van der Waals surface area contributed by atoms with Gasteiger partial charge in [0.15, 0.2) is 23.7 Å². The molecule has 0 aromatic heterocycles. The summed E-state index contributed by atoms with van der Waals surface area (Å²) >= 11 is 0. The lowest BCUT2D eigenvalue weighted by molar-refractivity contribution is -0.790. The van der Waals surface area contributed by atoms with E-state index in [9.17, 15) is 54.7 Å². The Morgan fingerprint density at radius 1 is 1.10 bits per heavy atom. The Labute approximate surface area is 278 Å². The highest BCUT2D eigenvalue weighted by Gasteiger charge is 2.76. The number of alkyl halides is 1. The van der Waals surface area contributed by atoms with Crippen molar-refractivity contribution in [2.24, 2.45) is 28.4 Å². The van der Waals surface area contributed by atoms with E-state index >= 15 is 4.39 Å². The van der Waals surface area contributed by atoms with Crippen LogP contribution in [0.5, 0.6) is 0 Å². The Kier molecular flexibility index (Phi) is 10.8. The lowest BCUT2D eigenvalue weighted by Crippen LogP contribution is -2.69. The summed E-state index contributed by atoms with van der Waals surface area (Å²) in [6.07, 6.45) is -1.32. The average molecular weight is 702 g/mol. The number of nitrogens with two attached hydrogens (primary N) is 1. The highest BCUT2D eigenvalue weighted by molar-refractivity contribution is 5.94. The number of hydrogen-bond donors (Lipinski definition) is 4. The molecular formula is C30H40FN3O15. The fourth-order valence-electron chi connectivity index (χ4n) is 8.22. The van der Waals surface area contributed by atoms with Gasteiger partial charge in [0.2, 0.25) is 5.78 Å². The maximum Gasteiger partial charge on any atom is 0.326 e. The van der Waals surface area contributed by atoms with Crippen molar-refractivity contribution in [2.75, 3.05) is 19.8 Å². The summed E-state index contributed by atoms with van der Waals surface area (Å²) in [7, 11) is 0. The zero-order valence-corrected chi connectivity index (χ0v) is 26.9. The Morgan fingerprint density at radius 2 is 1.80 bits per heavy atom. The molecule has 4 aliphatic carbocycles. The molecule has 2 fully saturated rings. The molecule has 0 aromatic rings. The first-order valence-corrected chi connectivity index (χ1v) is 15.7. The van der Waals surface area contributed by atoms with Gasteiger partial charge in [0, 0.05) is 29.6 Å². The fraction of sp³-hybridized carbons (Fsp3) is 0.733. The summed E-state index contributed by atoms with van der Waals surface area (Å²) in [6.45, 7) is 0.586. The van der Waals surface area contributed by atoms with Crippen molar-refractivity contribution >= 4 is 23.5 Å². The fourth-order valence-corrected chi connectivity index (χ4v) is 8.22. The minimum Gasteiger partial charge on any atom is -0.463 e. The summed E-state index contributed by atoms with van der Waals surface area (Å²) in [4.78, 5) is 79.3. The van der Waals surface area contributed by atoms with Gasteiger partial charge in [-0.2, -0.15) is 0 Å². The molecule has 49 heavy (non-hydrogen) atoms. The van der Waals surface area contributed by atoms with Gasteiger partial charge in [-0.05, 0) is 51.0 Å². The van der Waals surface area contributed by atoms with Crippen LogP contribution in [0.25, 0.3) is 0 Å². The Bertz CT molecular complexity index is 1440. The van der Waals surface area contributed by atoms with E-state index in [1.54, 1.807) is 13.0 Å². The maximum atomic E-state index is 17.2. The van der Waals surface area contributed by atoms with E-state index in [2.05, 4.69) is 9.68 Å². The van der Waals surface area contributed by atoms with E-state index in [1.165, 1.54) is 19.1 Å². The van der Waals surface area contributed by atoms with E-state index in [4.69, 9.17) is 15.2 Å². The van der Waals surface area contributed by atoms with Crippen LogP contribution in [-0.4, -0.2) is 104 Å². The van der Waals surface area contributed by atoms with E-state index in [-0.39, 0.29) is 44.3 Å². The molecule has 0 aliphatic heterocycles. The van der Waals surface area contributed by atoms with E-state index < -0.39 is 112 Å². The second-order valence-corrected chi connectivity index (χ2v) is 13.5. The number of hydrogen-bond acceptors (Lipinski definition) is 16. The molecular weight excluding hydrogens is 661 g/mol. The maximum absolute atomic E-state index is 17.2. The van der Waals surface area contributed by atoms with Gasteiger partial charge >= 0.3 is 11.9 Å². The molecule has 0 spiro atoms. The lowest BCUT2D eigenvalue weighted by Gasteiger charge is -2.61. The number of allylic oxidation sites excluding steroid dienone is 4. The normalized spacial score (nSPS) is 35.8. The molecule has 4 rings (SSSR count). The molecule has 0 saturated heterocycles. The number of ether oxygens (including phenoxy) is 2. The molecule has 0 aromatic carbocycles. The zero-order chi connectivity index (χ0) is 36.5. The molecule has 0 amide bonds. The van der Waals surface area contributed by atoms with Crippen LogP contribution in [0.15, 0.2) is 23.8 Å². The summed E-state index contributed by atoms with van der Waals surface area (Å²) in [6, 6.07) is -1.58. The quantitative estimate of drug-likeness (QED) is 0.0756. The number of aliphatic hydroxyl groups is 3. The number of ketones is 2. The minimum absolute atomic E-state index is 0.00325. The van der Waals surface area contributed by atoms with Gasteiger partial charge in [-0.3, -0.25) is 19.2 Å². The van der Waals surface area contributed by atoms with Crippen molar-refractivity contribution in [3.63, 3.8) is 0 Å². The summed E-state index contributed by atoms with van der Waals surface area (Å²) in [5, 5.41) is 52.7. The first kappa shape index (κ1) is 37.7. The second-order valence-electron chi connectivity index (χ2n) is 13.5. The van der Waals surface area contributed by atoms with Gasteiger partial charge in [-0.25, -0.2) is 4.39 Å². The van der Waals surface area contributed by atoms with Crippen LogP contribution in [0.1, 0.15) is 58.8 Å². The number of carbonyl (C=O) groups excluding carboxylic acids is 4. The average Bonchev–Trinajstić information content (AvgIpc) is 3.23. The van der Waals surface area contributed by atoms with Crippen LogP contribution in [-0.2, 0) is 38.3 Å². The number of aliphatic hydroxyl groups excluding tert-OH is 2. The molecule has 19 heteroatoms. The van der Waals surface area contributed by atoms with Crippen LogP contribution in [0.4, 0.5) is 4.39 Å². The predicted molar refractivity (Wildman–Crippen MR) is 158 cm³/mol. The van der Waals surface area contributed by atoms with Crippen molar-refractivity contribution < 1.29 is 68.2 Å². The molecule has 0 heterocycles. The SMILES string of the molecule is C[C@]12C=CC(=O)CC1=CC[C@H]1[C@@H]3C[C@@H](O)[C@](O)(C(=O)COC(=O)C(N)COC(=O)CCCC(CO[N+](=O)[O-])O[N+](=O)[O-])[C@@]3(C)C[C@H](O)[C@@]12F. The first-order valence-electron chi connectivity index (χ1n) is 15.7. The van der Waals surface area contributed by atoms with Gasteiger partial charge < -0.3 is 40.2 Å². The summed E-state index contributed by atoms with van der Waals surface area (Å²) in [5.41, 5.74) is -1.41. The lowest BCUT2D eigenvalue weighted by atomic mass is 9.45. The van der Waals surface area contributed by atoms with E-state index in [1.807, 2.05) is 0 Å². The molecule has 5 N–H and O–H groups in total. The summed E-state index contributed by atoms with van der Waals surface area (Å²) in [5.74, 6) is -5.10. The standard InChI is InChI=1S/C30H40FN3O15/c1-27-9-8-17(35)10-16(27)6-7-19-20-11-22(36)30(41,28(20,2)12-23(37)29(19,27)31)24(38)15-47-26(40)21(32)14-46-25(39)5-3-4-18(49-34(44)45)13-48-33(42)43/h6,8-9,18-23,36-37,41H,3-5,7,10-15,32H2,1-2H3/t18?,19-,20-,21?,22+,23-,27-,28-,29-,30-/m0/s1. The third kappa shape index (κ3) is 6.75. The molecule has 18 nitrogen and oxygen atoms in total. The largest absolute Gasteiger partial charge is 0.463 e. The monoisotopic (exact) mass is 701 g/mol. The third-order valence-corrected chi connectivity index (χ3v) is 10.8.